The normalized spacial score (nSPS) is 11.7. The van der Waals surface area contributed by atoms with Crippen LogP contribution >= 0.6 is 22.9 Å². The zero-order valence-corrected chi connectivity index (χ0v) is 20.5. The number of benzene rings is 3. The van der Waals surface area contributed by atoms with Crippen LogP contribution in [0, 0.1) is 0 Å². The Morgan fingerprint density at radius 2 is 1.76 bits per heavy atom. The van der Waals surface area contributed by atoms with E-state index >= 15 is 0 Å². The Hall–Kier alpha value is -2.65. The molecule has 172 valence electrons. The van der Waals surface area contributed by atoms with Crippen molar-refractivity contribution in [2.45, 2.75) is 17.9 Å². The average Bonchev–Trinajstić information content (AvgIpc) is 3.13. The molecule has 4 aromatic rings. The molecule has 0 aliphatic rings. The lowest BCUT2D eigenvalue weighted by Crippen LogP contribution is -2.28. The van der Waals surface area contributed by atoms with Crippen molar-refractivity contribution in [3.63, 3.8) is 0 Å². The van der Waals surface area contributed by atoms with Crippen LogP contribution < -0.4 is 14.5 Å². The molecular formula is C24H24ClN3O3S2. The van der Waals surface area contributed by atoms with Crippen LogP contribution in [0.25, 0.3) is 10.2 Å². The Morgan fingerprint density at radius 3 is 2.52 bits per heavy atom. The van der Waals surface area contributed by atoms with Gasteiger partial charge in [0.2, 0.25) is 10.0 Å². The number of rotatable bonds is 9. The van der Waals surface area contributed by atoms with Crippen LogP contribution in [0.1, 0.15) is 12.0 Å². The highest BCUT2D eigenvalue weighted by Crippen LogP contribution is 2.24. The molecule has 1 heterocycles. The van der Waals surface area contributed by atoms with Crippen molar-refractivity contribution >= 4 is 48.9 Å². The molecule has 6 nitrogen and oxygen atoms in total. The maximum Gasteiger partial charge on any atom is 0.308 e. The highest BCUT2D eigenvalue weighted by Gasteiger charge is 2.17. The Morgan fingerprint density at radius 1 is 1.03 bits per heavy atom. The van der Waals surface area contributed by atoms with Gasteiger partial charge in [-0.25, -0.2) is 13.1 Å². The van der Waals surface area contributed by atoms with Crippen molar-refractivity contribution in [3.8, 4) is 0 Å². The van der Waals surface area contributed by atoms with Crippen LogP contribution in [0.3, 0.4) is 0 Å². The highest BCUT2D eigenvalue weighted by molar-refractivity contribution is 7.89. The minimum atomic E-state index is -3.68. The van der Waals surface area contributed by atoms with E-state index in [2.05, 4.69) is 9.62 Å². The van der Waals surface area contributed by atoms with Crippen molar-refractivity contribution in [1.82, 2.24) is 9.29 Å². The standard InChI is InChI=1S/C24H24ClN3O3S2/c1-27(19-9-3-2-4-10-19)15-7-14-26-33(30,31)20-12-13-22-23(16-20)32-24(29)28(22)17-18-8-5-6-11-21(18)25/h2-6,8-13,16,26H,7,14-15,17H2,1H3. The van der Waals surface area contributed by atoms with Gasteiger partial charge in [-0.05, 0) is 48.4 Å². The molecule has 0 amide bonds. The molecule has 0 aliphatic carbocycles. The zero-order chi connectivity index (χ0) is 23.4. The molecule has 1 N–H and O–H groups in total. The molecule has 0 unspecified atom stereocenters. The van der Waals surface area contributed by atoms with Gasteiger partial charge in [-0.15, -0.1) is 0 Å². The third kappa shape index (κ3) is 5.47. The largest absolute Gasteiger partial charge is 0.375 e. The van der Waals surface area contributed by atoms with Gasteiger partial charge in [-0.2, -0.15) is 0 Å². The summed E-state index contributed by atoms with van der Waals surface area (Å²) in [5, 5.41) is 0.588. The zero-order valence-electron chi connectivity index (χ0n) is 18.1. The fourth-order valence-electron chi connectivity index (χ4n) is 3.58. The van der Waals surface area contributed by atoms with Crippen molar-refractivity contribution in [2.75, 3.05) is 25.0 Å². The van der Waals surface area contributed by atoms with E-state index in [1.807, 2.05) is 55.6 Å². The second kappa shape index (κ2) is 10.1. The van der Waals surface area contributed by atoms with Gasteiger partial charge in [0.1, 0.15) is 0 Å². The lowest BCUT2D eigenvalue weighted by molar-refractivity contribution is 0.579. The summed E-state index contributed by atoms with van der Waals surface area (Å²) < 4.78 is 30.5. The molecule has 0 aliphatic heterocycles. The smallest absolute Gasteiger partial charge is 0.308 e. The summed E-state index contributed by atoms with van der Waals surface area (Å²) in [6, 6.07) is 22.1. The fourth-order valence-corrected chi connectivity index (χ4v) is 5.88. The van der Waals surface area contributed by atoms with E-state index in [0.29, 0.717) is 34.7 Å². The van der Waals surface area contributed by atoms with Crippen LogP contribution in [0.4, 0.5) is 5.69 Å². The number of nitrogens with one attached hydrogen (secondary N) is 1. The molecule has 1 aromatic heterocycles. The predicted molar refractivity (Wildman–Crippen MR) is 136 cm³/mol. The lowest BCUT2D eigenvalue weighted by Gasteiger charge is -2.19. The van der Waals surface area contributed by atoms with Gasteiger partial charge in [-0.1, -0.05) is 59.3 Å². The summed E-state index contributed by atoms with van der Waals surface area (Å²) in [7, 11) is -1.70. The summed E-state index contributed by atoms with van der Waals surface area (Å²) in [5.41, 5.74) is 2.61. The molecule has 0 spiro atoms. The average molecular weight is 502 g/mol. The lowest BCUT2D eigenvalue weighted by atomic mass is 10.2. The summed E-state index contributed by atoms with van der Waals surface area (Å²) in [6.07, 6.45) is 0.661. The molecule has 0 fully saturated rings. The van der Waals surface area contributed by atoms with Crippen molar-refractivity contribution in [3.05, 3.63) is 93.0 Å². The number of halogens is 1. The molecule has 33 heavy (non-hydrogen) atoms. The van der Waals surface area contributed by atoms with Gasteiger partial charge in [0.05, 0.1) is 21.7 Å². The van der Waals surface area contributed by atoms with Gasteiger partial charge in [0, 0.05) is 30.8 Å². The molecule has 0 saturated heterocycles. The number of anilines is 1. The van der Waals surface area contributed by atoms with Crippen LogP contribution in [0.2, 0.25) is 5.02 Å². The number of para-hydroxylation sites is 1. The van der Waals surface area contributed by atoms with E-state index in [9.17, 15) is 13.2 Å². The van der Waals surface area contributed by atoms with E-state index in [1.54, 1.807) is 22.8 Å². The van der Waals surface area contributed by atoms with Gasteiger partial charge in [0.25, 0.3) is 0 Å². The first-order chi connectivity index (χ1) is 15.8. The van der Waals surface area contributed by atoms with Gasteiger partial charge < -0.3 is 4.90 Å². The fraction of sp³-hybridized carbons (Fsp3) is 0.208. The van der Waals surface area contributed by atoms with Crippen LogP contribution in [0.5, 0.6) is 0 Å². The Labute approximate surface area is 202 Å². The van der Waals surface area contributed by atoms with Gasteiger partial charge in [0.15, 0.2) is 0 Å². The summed E-state index contributed by atoms with van der Waals surface area (Å²) >= 11 is 7.27. The molecule has 0 saturated carbocycles. The minimum absolute atomic E-state index is 0.151. The van der Waals surface area contributed by atoms with Crippen LogP contribution in [0.15, 0.2) is 82.5 Å². The molecule has 3 aromatic carbocycles. The number of nitrogens with zero attached hydrogens (tertiary/aromatic N) is 2. The second-order valence-corrected chi connectivity index (χ2v) is 10.9. The molecule has 9 heteroatoms. The van der Waals surface area contributed by atoms with Gasteiger partial charge >= 0.3 is 4.87 Å². The van der Waals surface area contributed by atoms with E-state index in [4.69, 9.17) is 11.6 Å². The summed E-state index contributed by atoms with van der Waals surface area (Å²) in [6.45, 7) is 1.37. The molecule has 4 rings (SSSR count). The monoisotopic (exact) mass is 501 g/mol. The third-order valence-corrected chi connectivity index (χ3v) is 8.17. The SMILES string of the molecule is CN(CCCNS(=O)(=O)c1ccc2c(c1)sc(=O)n2Cc1ccccc1Cl)c1ccccc1. The van der Waals surface area contributed by atoms with E-state index < -0.39 is 10.0 Å². The highest BCUT2D eigenvalue weighted by atomic mass is 35.5. The molecule has 0 atom stereocenters. The second-order valence-electron chi connectivity index (χ2n) is 7.68. The van der Waals surface area contributed by atoms with Crippen LogP contribution in [-0.4, -0.2) is 33.1 Å². The number of fused-ring (bicyclic) bond motifs is 1. The van der Waals surface area contributed by atoms with E-state index in [0.717, 1.165) is 29.1 Å². The first kappa shape index (κ1) is 23.5. The number of sulfonamides is 1. The van der Waals surface area contributed by atoms with Crippen molar-refractivity contribution in [2.24, 2.45) is 0 Å². The van der Waals surface area contributed by atoms with Crippen LogP contribution in [-0.2, 0) is 16.6 Å². The topological polar surface area (TPSA) is 71.4 Å². The Balaban J connectivity index is 1.44. The summed E-state index contributed by atoms with van der Waals surface area (Å²) in [4.78, 5) is 14.7. The van der Waals surface area contributed by atoms with Crippen molar-refractivity contribution < 1.29 is 8.42 Å². The maximum atomic E-state index is 12.8. The first-order valence-corrected chi connectivity index (χ1v) is 13.2. The number of hydrogen-bond acceptors (Lipinski definition) is 5. The number of thiazole rings is 1. The summed E-state index contributed by atoms with van der Waals surface area (Å²) in [5.74, 6) is 0. The van der Waals surface area contributed by atoms with Crippen molar-refractivity contribution in [1.29, 1.82) is 0 Å². The predicted octanol–water partition coefficient (Wildman–Crippen LogP) is 4.57. The molecule has 0 radical (unpaired) electrons. The third-order valence-electron chi connectivity index (χ3n) is 5.40. The first-order valence-electron chi connectivity index (χ1n) is 10.5. The molecule has 0 bridgehead atoms. The number of aromatic nitrogens is 1. The minimum Gasteiger partial charge on any atom is -0.375 e. The Bertz CT molecular complexity index is 1420. The quantitative estimate of drug-likeness (QED) is 0.341. The van der Waals surface area contributed by atoms with Gasteiger partial charge in [-0.3, -0.25) is 9.36 Å². The maximum absolute atomic E-state index is 12.8. The Kier molecular flexibility index (Phi) is 7.19. The molecular weight excluding hydrogens is 478 g/mol. The van der Waals surface area contributed by atoms with E-state index in [-0.39, 0.29) is 9.77 Å². The van der Waals surface area contributed by atoms with E-state index in [1.165, 1.54) is 6.07 Å². The number of hydrogen-bond donors (Lipinski definition) is 1.